The van der Waals surface area contributed by atoms with Gasteiger partial charge in [-0.2, -0.15) is 5.10 Å². The lowest BCUT2D eigenvalue weighted by molar-refractivity contribution is -0.115. The average molecular weight is 402 g/mol. The number of hydrogen-bond donors (Lipinski definition) is 2. The first kappa shape index (κ1) is 19.3. The molecule has 0 radical (unpaired) electrons. The number of carbonyl (C=O) groups excluding carboxylic acids is 1. The maximum absolute atomic E-state index is 13.4. The molecule has 4 rings (SSSR count). The van der Waals surface area contributed by atoms with Crippen molar-refractivity contribution >= 4 is 11.7 Å². The van der Waals surface area contributed by atoms with E-state index < -0.39 is 0 Å². The van der Waals surface area contributed by atoms with Crippen molar-refractivity contribution < 1.29 is 14.3 Å². The second-order valence-corrected chi connectivity index (χ2v) is 6.79. The number of nitrogens with zero attached hydrogens (tertiary/aromatic N) is 3. The summed E-state index contributed by atoms with van der Waals surface area (Å²) in [6, 6.07) is 16.4. The fourth-order valence-electron chi connectivity index (χ4n) is 3.28. The number of pyridine rings is 1. The van der Waals surface area contributed by atoms with E-state index in [1.807, 2.05) is 12.1 Å². The first-order chi connectivity index (χ1) is 14.5. The van der Waals surface area contributed by atoms with Gasteiger partial charge in [-0.05, 0) is 48.0 Å². The zero-order valence-corrected chi connectivity index (χ0v) is 16.2. The van der Waals surface area contributed by atoms with Crippen molar-refractivity contribution in [2.75, 3.05) is 5.32 Å². The maximum Gasteiger partial charge on any atom is 0.230 e. The zero-order valence-electron chi connectivity index (χ0n) is 16.2. The summed E-state index contributed by atoms with van der Waals surface area (Å²) >= 11 is 0. The van der Waals surface area contributed by atoms with Crippen molar-refractivity contribution in [1.29, 1.82) is 0 Å². The van der Waals surface area contributed by atoms with Crippen molar-refractivity contribution in [1.82, 2.24) is 14.8 Å². The van der Waals surface area contributed by atoms with Crippen molar-refractivity contribution in [3.63, 3.8) is 0 Å². The van der Waals surface area contributed by atoms with Gasteiger partial charge in [0.25, 0.3) is 0 Å². The van der Waals surface area contributed by atoms with E-state index in [1.54, 1.807) is 60.5 Å². The second-order valence-electron chi connectivity index (χ2n) is 6.79. The average Bonchev–Trinajstić information content (AvgIpc) is 3.07. The molecule has 4 aromatic rings. The molecule has 2 N–H and O–H groups in total. The smallest absolute Gasteiger partial charge is 0.230 e. The molecule has 30 heavy (non-hydrogen) atoms. The summed E-state index contributed by atoms with van der Waals surface area (Å²) in [5.41, 5.74) is 3.38. The van der Waals surface area contributed by atoms with Crippen LogP contribution < -0.4 is 5.32 Å². The van der Waals surface area contributed by atoms with E-state index in [4.69, 9.17) is 0 Å². The zero-order chi connectivity index (χ0) is 21.1. The summed E-state index contributed by atoms with van der Waals surface area (Å²) < 4.78 is 15.0. The second kappa shape index (κ2) is 8.16. The minimum absolute atomic E-state index is 0.0134. The van der Waals surface area contributed by atoms with Crippen LogP contribution in [0.2, 0.25) is 0 Å². The molecule has 2 heterocycles. The van der Waals surface area contributed by atoms with Crippen LogP contribution in [-0.4, -0.2) is 25.8 Å². The largest absolute Gasteiger partial charge is 0.508 e. The number of amides is 1. The van der Waals surface area contributed by atoms with Gasteiger partial charge in [0.2, 0.25) is 5.91 Å². The molecule has 1 amide bonds. The number of phenols is 1. The number of aromatic hydroxyl groups is 1. The van der Waals surface area contributed by atoms with Gasteiger partial charge in [0.05, 0.1) is 12.0 Å². The Bertz CT molecular complexity index is 1190. The van der Waals surface area contributed by atoms with Crippen LogP contribution in [0.3, 0.4) is 0 Å². The van der Waals surface area contributed by atoms with Gasteiger partial charge in [0.1, 0.15) is 23.1 Å². The van der Waals surface area contributed by atoms with Crippen molar-refractivity contribution in [2.24, 2.45) is 7.05 Å². The van der Waals surface area contributed by atoms with E-state index >= 15 is 0 Å². The molecule has 0 saturated heterocycles. The van der Waals surface area contributed by atoms with E-state index in [-0.39, 0.29) is 23.9 Å². The molecule has 2 aromatic carbocycles. The molecular formula is C23H19FN4O2. The van der Waals surface area contributed by atoms with Gasteiger partial charge in [0.15, 0.2) is 0 Å². The van der Waals surface area contributed by atoms with Crippen molar-refractivity contribution in [3.05, 3.63) is 84.4 Å². The number of rotatable bonds is 5. The minimum Gasteiger partial charge on any atom is -0.508 e. The van der Waals surface area contributed by atoms with E-state index in [0.29, 0.717) is 22.6 Å². The quantitative estimate of drug-likeness (QED) is 0.525. The number of para-hydroxylation sites is 1. The summed E-state index contributed by atoms with van der Waals surface area (Å²) in [5.74, 6) is -0.0586. The van der Waals surface area contributed by atoms with Crippen LogP contribution in [0.15, 0.2) is 73.1 Å². The molecule has 0 aliphatic carbocycles. The molecule has 0 bridgehead atoms. The first-order valence-electron chi connectivity index (χ1n) is 9.33. The van der Waals surface area contributed by atoms with Crippen LogP contribution in [0.4, 0.5) is 10.2 Å². The Morgan fingerprint density at radius 3 is 2.43 bits per heavy atom. The third-order valence-corrected chi connectivity index (χ3v) is 4.73. The summed E-state index contributed by atoms with van der Waals surface area (Å²) in [5, 5.41) is 17.4. The van der Waals surface area contributed by atoms with E-state index in [2.05, 4.69) is 15.4 Å². The highest BCUT2D eigenvalue weighted by Gasteiger charge is 2.21. The predicted octanol–water partition coefficient (Wildman–Crippen LogP) is 4.18. The third kappa shape index (κ3) is 3.91. The fourth-order valence-corrected chi connectivity index (χ4v) is 3.28. The van der Waals surface area contributed by atoms with E-state index in [9.17, 15) is 14.3 Å². The molecule has 0 saturated carbocycles. The Morgan fingerprint density at radius 2 is 1.73 bits per heavy atom. The molecule has 0 atom stereocenters. The lowest BCUT2D eigenvalue weighted by atomic mass is 10.0. The number of aryl methyl sites for hydroxylation is 1. The molecule has 0 spiro atoms. The van der Waals surface area contributed by atoms with E-state index in [1.165, 1.54) is 12.1 Å². The summed E-state index contributed by atoms with van der Waals surface area (Å²) in [6.45, 7) is 0. The molecule has 0 aliphatic rings. The predicted molar refractivity (Wildman–Crippen MR) is 112 cm³/mol. The molecular weight excluding hydrogens is 383 g/mol. The van der Waals surface area contributed by atoms with Crippen LogP contribution in [0.1, 0.15) is 5.56 Å². The maximum atomic E-state index is 13.4. The summed E-state index contributed by atoms with van der Waals surface area (Å²) in [7, 11) is 1.73. The lowest BCUT2D eigenvalue weighted by Gasteiger charge is -2.10. The highest BCUT2D eigenvalue weighted by Crippen LogP contribution is 2.37. The summed E-state index contributed by atoms with van der Waals surface area (Å²) in [4.78, 5) is 16.8. The number of aromatic nitrogens is 3. The SMILES string of the molecule is Cn1nc(-c2ccc(F)cc2)c(-c2ccncc2)c1NC(=O)Cc1ccccc1O. The molecule has 2 aromatic heterocycles. The van der Waals surface area contributed by atoms with Gasteiger partial charge in [-0.3, -0.25) is 14.5 Å². The normalized spacial score (nSPS) is 10.7. The number of hydrogen-bond acceptors (Lipinski definition) is 4. The molecule has 150 valence electrons. The third-order valence-electron chi connectivity index (χ3n) is 4.73. The molecule has 0 unspecified atom stereocenters. The highest BCUT2D eigenvalue weighted by atomic mass is 19.1. The van der Waals surface area contributed by atoms with Gasteiger partial charge >= 0.3 is 0 Å². The number of carbonyl (C=O) groups is 1. The monoisotopic (exact) mass is 402 g/mol. The number of anilines is 1. The number of phenolic OH excluding ortho intramolecular Hbond substituents is 1. The molecule has 0 fully saturated rings. The number of nitrogens with one attached hydrogen (secondary N) is 1. The Morgan fingerprint density at radius 1 is 1.03 bits per heavy atom. The van der Waals surface area contributed by atoms with Gasteiger partial charge < -0.3 is 10.4 Å². The number of benzene rings is 2. The van der Waals surface area contributed by atoms with Crippen LogP contribution in [-0.2, 0) is 18.3 Å². The lowest BCUT2D eigenvalue weighted by Crippen LogP contribution is -2.17. The standard InChI is InChI=1S/C23H19FN4O2/c1-28-23(26-20(30)14-17-4-2-3-5-19(17)29)21(15-10-12-25-13-11-15)22(27-28)16-6-8-18(24)9-7-16/h2-13,29H,14H2,1H3,(H,26,30). The minimum atomic E-state index is -0.337. The van der Waals surface area contributed by atoms with Gasteiger partial charge in [-0.25, -0.2) is 4.39 Å². The van der Waals surface area contributed by atoms with E-state index in [0.717, 1.165) is 11.1 Å². The highest BCUT2D eigenvalue weighted by molar-refractivity contribution is 5.99. The fraction of sp³-hybridized carbons (Fsp3) is 0.0870. The van der Waals surface area contributed by atoms with Gasteiger partial charge in [0, 0.05) is 30.6 Å². The Labute approximate surface area is 172 Å². The first-order valence-corrected chi connectivity index (χ1v) is 9.33. The Balaban J connectivity index is 1.75. The topological polar surface area (TPSA) is 80.0 Å². The van der Waals surface area contributed by atoms with Crippen molar-refractivity contribution in [3.8, 4) is 28.1 Å². The Kier molecular flexibility index (Phi) is 5.26. The summed E-state index contributed by atoms with van der Waals surface area (Å²) in [6.07, 6.45) is 3.33. The van der Waals surface area contributed by atoms with Crippen LogP contribution >= 0.6 is 0 Å². The molecule has 0 aliphatic heterocycles. The van der Waals surface area contributed by atoms with Crippen LogP contribution in [0.25, 0.3) is 22.4 Å². The Hall–Kier alpha value is -4.00. The van der Waals surface area contributed by atoms with Gasteiger partial charge in [-0.1, -0.05) is 18.2 Å². The molecule has 6 nitrogen and oxygen atoms in total. The molecule has 7 heteroatoms. The van der Waals surface area contributed by atoms with Gasteiger partial charge in [-0.15, -0.1) is 0 Å². The van der Waals surface area contributed by atoms with Crippen molar-refractivity contribution in [2.45, 2.75) is 6.42 Å². The van der Waals surface area contributed by atoms with Crippen LogP contribution in [0.5, 0.6) is 5.75 Å². The van der Waals surface area contributed by atoms with Crippen LogP contribution in [0, 0.1) is 5.82 Å². The number of halogens is 1.